The van der Waals surface area contributed by atoms with E-state index in [1.165, 1.54) is 4.57 Å². The minimum atomic E-state index is -0.407. The Morgan fingerprint density at radius 1 is 1.00 bits per heavy atom. The van der Waals surface area contributed by atoms with Crippen LogP contribution in [0, 0.1) is 0 Å². The molecule has 3 aromatic rings. The molecule has 2 aromatic carbocycles. The quantitative estimate of drug-likeness (QED) is 0.657. The van der Waals surface area contributed by atoms with Gasteiger partial charge in [-0.1, -0.05) is 41.4 Å². The van der Waals surface area contributed by atoms with Gasteiger partial charge in [0.2, 0.25) is 5.95 Å². The molecular weight excluding hydrogens is 361 g/mol. The molecule has 0 bridgehead atoms. The first-order chi connectivity index (χ1) is 12.1. The van der Waals surface area contributed by atoms with E-state index in [1.807, 2.05) is 37.3 Å². The maximum atomic E-state index is 12.3. The van der Waals surface area contributed by atoms with E-state index >= 15 is 0 Å². The van der Waals surface area contributed by atoms with Crippen molar-refractivity contribution in [2.24, 2.45) is 0 Å². The fourth-order valence-corrected chi connectivity index (χ4v) is 2.57. The second-order valence-electron chi connectivity index (χ2n) is 5.14. The molecule has 128 valence electrons. The van der Waals surface area contributed by atoms with Gasteiger partial charge < -0.3 is 0 Å². The Morgan fingerprint density at radius 3 is 2.44 bits per heavy atom. The normalized spacial score (nSPS) is 10.5. The van der Waals surface area contributed by atoms with Crippen LogP contribution < -0.4 is 16.5 Å². The lowest BCUT2D eigenvalue weighted by Crippen LogP contribution is -2.27. The topological polar surface area (TPSA) is 71.8 Å². The van der Waals surface area contributed by atoms with Crippen LogP contribution in [0.15, 0.2) is 53.3 Å². The number of hydrogen-bond donors (Lipinski definition) is 2. The average Bonchev–Trinajstić information content (AvgIpc) is 2.62. The third-order valence-electron chi connectivity index (χ3n) is 3.49. The Kier molecular flexibility index (Phi) is 5.21. The number of anilines is 2. The number of rotatable bonds is 5. The molecule has 1 aromatic heterocycles. The summed E-state index contributed by atoms with van der Waals surface area (Å²) < 4.78 is 1.47. The van der Waals surface area contributed by atoms with Gasteiger partial charge in [0.1, 0.15) is 5.82 Å². The minimum Gasteiger partial charge on any atom is -0.298 e. The van der Waals surface area contributed by atoms with Crippen molar-refractivity contribution in [2.45, 2.75) is 13.5 Å². The molecule has 0 unspecified atom stereocenters. The number of benzene rings is 2. The van der Waals surface area contributed by atoms with Gasteiger partial charge in [0.05, 0.1) is 15.7 Å². The second-order valence-corrected chi connectivity index (χ2v) is 5.96. The van der Waals surface area contributed by atoms with Gasteiger partial charge in [-0.15, -0.1) is 0 Å². The number of nitrogens with zero attached hydrogens (tertiary/aromatic N) is 3. The molecule has 0 amide bonds. The van der Waals surface area contributed by atoms with Gasteiger partial charge >= 0.3 is 5.69 Å². The zero-order valence-corrected chi connectivity index (χ0v) is 14.8. The zero-order chi connectivity index (χ0) is 17.8. The van der Waals surface area contributed by atoms with Gasteiger partial charge in [0, 0.05) is 12.1 Å². The molecule has 25 heavy (non-hydrogen) atoms. The molecule has 0 saturated heterocycles. The van der Waals surface area contributed by atoms with E-state index in [0.29, 0.717) is 28.0 Å². The van der Waals surface area contributed by atoms with Crippen molar-refractivity contribution in [3.63, 3.8) is 0 Å². The van der Waals surface area contributed by atoms with Gasteiger partial charge in [0.25, 0.3) is 0 Å². The van der Waals surface area contributed by atoms with Crippen molar-refractivity contribution in [1.82, 2.24) is 14.5 Å². The summed E-state index contributed by atoms with van der Waals surface area (Å²) in [7, 11) is 0. The van der Waals surface area contributed by atoms with Gasteiger partial charge in [-0.2, -0.15) is 9.97 Å². The van der Waals surface area contributed by atoms with Crippen molar-refractivity contribution in [3.8, 4) is 11.4 Å². The van der Waals surface area contributed by atoms with Crippen LogP contribution in [0.25, 0.3) is 11.4 Å². The molecule has 2 N–H and O–H groups in total. The molecule has 3 rings (SSSR count). The lowest BCUT2D eigenvalue weighted by Gasteiger charge is -2.13. The predicted octanol–water partition coefficient (Wildman–Crippen LogP) is 4.07. The van der Waals surface area contributed by atoms with Crippen molar-refractivity contribution >= 4 is 34.8 Å². The summed E-state index contributed by atoms with van der Waals surface area (Å²) in [6.45, 7) is 2.28. The lowest BCUT2D eigenvalue weighted by atomic mass is 10.2. The lowest BCUT2D eigenvalue weighted by molar-refractivity contribution is 0.688. The Bertz CT molecular complexity index is 944. The van der Waals surface area contributed by atoms with E-state index in [4.69, 9.17) is 23.2 Å². The molecular formula is C17H15Cl2N5O. The summed E-state index contributed by atoms with van der Waals surface area (Å²) in [5.41, 5.74) is 6.89. The average molecular weight is 376 g/mol. The van der Waals surface area contributed by atoms with Crippen LogP contribution in [-0.4, -0.2) is 14.5 Å². The highest BCUT2D eigenvalue weighted by molar-refractivity contribution is 6.42. The van der Waals surface area contributed by atoms with Crippen LogP contribution in [-0.2, 0) is 6.54 Å². The molecule has 0 aliphatic heterocycles. The number of halogens is 2. The van der Waals surface area contributed by atoms with E-state index in [-0.39, 0.29) is 5.95 Å². The number of aromatic nitrogens is 3. The summed E-state index contributed by atoms with van der Waals surface area (Å²) in [4.78, 5) is 20.7. The Labute approximate surface area is 154 Å². The number of hydrogen-bond acceptors (Lipinski definition) is 5. The van der Waals surface area contributed by atoms with Gasteiger partial charge in [-0.05, 0) is 37.3 Å². The van der Waals surface area contributed by atoms with E-state index in [2.05, 4.69) is 20.8 Å². The predicted molar refractivity (Wildman–Crippen MR) is 101 cm³/mol. The van der Waals surface area contributed by atoms with Crippen molar-refractivity contribution in [2.75, 3.05) is 10.9 Å². The largest absolute Gasteiger partial charge is 0.352 e. The van der Waals surface area contributed by atoms with Crippen molar-refractivity contribution in [3.05, 3.63) is 69.1 Å². The first-order valence-corrected chi connectivity index (χ1v) is 8.35. The van der Waals surface area contributed by atoms with E-state index in [1.54, 1.807) is 18.2 Å². The third-order valence-corrected chi connectivity index (χ3v) is 4.23. The maximum Gasteiger partial charge on any atom is 0.352 e. The number of para-hydroxylation sites is 1. The van der Waals surface area contributed by atoms with E-state index < -0.39 is 5.69 Å². The first kappa shape index (κ1) is 17.3. The summed E-state index contributed by atoms with van der Waals surface area (Å²) >= 11 is 12.1. The molecule has 0 aliphatic carbocycles. The molecule has 0 radical (unpaired) electrons. The smallest absolute Gasteiger partial charge is 0.298 e. The first-order valence-electron chi connectivity index (χ1n) is 7.60. The fourth-order valence-electron chi connectivity index (χ4n) is 2.27. The van der Waals surface area contributed by atoms with Gasteiger partial charge in [-0.3, -0.25) is 15.4 Å². The van der Waals surface area contributed by atoms with Crippen molar-refractivity contribution < 1.29 is 0 Å². The van der Waals surface area contributed by atoms with Crippen LogP contribution in [0.1, 0.15) is 6.92 Å². The summed E-state index contributed by atoms with van der Waals surface area (Å²) in [6.07, 6.45) is 0. The molecule has 0 fully saturated rings. The molecule has 1 heterocycles. The number of nitrogens with one attached hydrogen (secondary N) is 2. The van der Waals surface area contributed by atoms with Crippen LogP contribution >= 0.6 is 23.2 Å². The molecule has 6 nitrogen and oxygen atoms in total. The van der Waals surface area contributed by atoms with Gasteiger partial charge in [0.15, 0.2) is 0 Å². The zero-order valence-electron chi connectivity index (χ0n) is 13.3. The Morgan fingerprint density at radius 2 is 1.76 bits per heavy atom. The third kappa shape index (κ3) is 3.92. The highest BCUT2D eigenvalue weighted by Crippen LogP contribution is 2.27. The molecule has 0 saturated carbocycles. The van der Waals surface area contributed by atoms with Crippen molar-refractivity contribution in [1.29, 1.82) is 0 Å². The van der Waals surface area contributed by atoms with Crippen LogP contribution in [0.4, 0.5) is 11.6 Å². The van der Waals surface area contributed by atoms with Crippen LogP contribution in [0.3, 0.4) is 0 Å². The fraction of sp³-hybridized carbons (Fsp3) is 0.118. The summed E-state index contributed by atoms with van der Waals surface area (Å²) in [6, 6.07) is 14.5. The van der Waals surface area contributed by atoms with Crippen LogP contribution in [0.2, 0.25) is 10.0 Å². The Hall–Kier alpha value is -2.57. The molecule has 0 atom stereocenters. The Balaban J connectivity index is 1.97. The minimum absolute atomic E-state index is 0.166. The molecule has 0 spiro atoms. The molecule has 8 heteroatoms. The SMILES string of the molecule is CCn1c(-c2ccc(Cl)c(Cl)c2)nc(NNc2ccccc2)nc1=O. The monoisotopic (exact) mass is 375 g/mol. The standard InChI is InChI=1S/C17H15Cl2N5O/c1-2-24-15(11-8-9-13(18)14(19)10-11)20-16(21-17(24)25)23-22-12-6-4-3-5-7-12/h3-10,22H,2H2,1H3,(H,21,23,25). The van der Waals surface area contributed by atoms with E-state index in [0.717, 1.165) is 5.69 Å². The van der Waals surface area contributed by atoms with Gasteiger partial charge in [-0.25, -0.2) is 4.79 Å². The number of hydrazine groups is 1. The second kappa shape index (κ2) is 7.55. The van der Waals surface area contributed by atoms with Crippen LogP contribution in [0.5, 0.6) is 0 Å². The summed E-state index contributed by atoms with van der Waals surface area (Å²) in [5, 5.41) is 0.832. The molecule has 0 aliphatic rings. The summed E-state index contributed by atoms with van der Waals surface area (Å²) in [5.74, 6) is 0.623. The van der Waals surface area contributed by atoms with E-state index in [9.17, 15) is 4.79 Å². The highest BCUT2D eigenvalue weighted by Gasteiger charge is 2.12. The maximum absolute atomic E-state index is 12.3. The highest BCUT2D eigenvalue weighted by atomic mass is 35.5.